The maximum Gasteiger partial charge on any atom is 0.255 e. The number of hydrogen-bond donors (Lipinski definition) is 5. The van der Waals surface area contributed by atoms with Crippen LogP contribution >= 0.6 is 24.8 Å². The van der Waals surface area contributed by atoms with E-state index in [0.717, 1.165) is 30.3 Å². The van der Waals surface area contributed by atoms with Crippen LogP contribution in [0.25, 0.3) is 0 Å². The fourth-order valence-electron chi connectivity index (χ4n) is 2.71. The Morgan fingerprint density at radius 1 is 1.36 bits per heavy atom. The molecule has 0 spiro atoms. The highest BCUT2D eigenvalue weighted by Gasteiger charge is 2.48. The van der Waals surface area contributed by atoms with E-state index in [4.69, 9.17) is 5.73 Å². The first-order valence-corrected chi connectivity index (χ1v) is 7.49. The van der Waals surface area contributed by atoms with Crippen LogP contribution in [0.1, 0.15) is 5.56 Å². The molecule has 0 saturated heterocycles. The van der Waals surface area contributed by atoms with Gasteiger partial charge >= 0.3 is 0 Å². The summed E-state index contributed by atoms with van der Waals surface area (Å²) in [5.74, 6) is -0.392. The largest absolute Gasteiger partial charge is 0.367 e. The number of nitrogens with zero attached hydrogens (tertiary/aromatic N) is 1. The lowest BCUT2D eigenvalue weighted by atomic mass is 9.93. The zero-order valence-electron chi connectivity index (χ0n) is 13.4. The third-order valence-corrected chi connectivity index (χ3v) is 3.94. The molecule has 0 fully saturated rings. The van der Waals surface area contributed by atoms with Gasteiger partial charge in [0.15, 0.2) is 11.5 Å². The monoisotopic (exact) mass is 387 g/mol. The van der Waals surface area contributed by atoms with Crippen LogP contribution in [-0.2, 0) is 16.0 Å². The Morgan fingerprint density at radius 3 is 2.80 bits per heavy atom. The van der Waals surface area contributed by atoms with E-state index >= 15 is 0 Å². The fourth-order valence-corrected chi connectivity index (χ4v) is 2.71. The number of benzene rings is 1. The molecule has 1 radical (unpaired) electrons. The van der Waals surface area contributed by atoms with Gasteiger partial charge < -0.3 is 27.0 Å². The minimum absolute atomic E-state index is 0. The summed E-state index contributed by atoms with van der Waals surface area (Å²) in [5.41, 5.74) is 5.64. The summed E-state index contributed by atoms with van der Waals surface area (Å²) in [4.78, 5) is 28.6. The van der Waals surface area contributed by atoms with Crippen LogP contribution in [0.5, 0.6) is 0 Å². The first kappa shape index (κ1) is 20.9. The second kappa shape index (κ2) is 8.77. The molecule has 1 unspecified atom stereocenters. The van der Waals surface area contributed by atoms with Crippen molar-refractivity contribution in [2.45, 2.75) is 12.0 Å². The molecule has 2 aliphatic heterocycles. The topological polar surface area (TPSA) is 121 Å². The van der Waals surface area contributed by atoms with Crippen LogP contribution in [0.3, 0.4) is 0 Å². The number of fused-ring (bicyclic) bond motifs is 1. The molecule has 0 saturated carbocycles. The normalized spacial score (nSPS) is 19.9. The fraction of sp³-hybridized carbons (Fsp3) is 0.400. The summed E-state index contributed by atoms with van der Waals surface area (Å²) < 4.78 is 0. The molecule has 3 rings (SSSR count). The molecule has 1 aromatic carbocycles. The van der Waals surface area contributed by atoms with E-state index in [-0.39, 0.29) is 31.2 Å². The van der Waals surface area contributed by atoms with Crippen LogP contribution in [0, 0.1) is 6.07 Å². The number of primary amides is 1. The van der Waals surface area contributed by atoms with Gasteiger partial charge in [-0.3, -0.25) is 14.6 Å². The molecule has 6 N–H and O–H groups in total. The Labute approximate surface area is 158 Å². The first-order chi connectivity index (χ1) is 11.1. The highest BCUT2D eigenvalue weighted by atomic mass is 35.5. The number of aliphatic imine (C=N–C) groups is 1. The van der Waals surface area contributed by atoms with Gasteiger partial charge in [-0.05, 0) is 23.8 Å². The Morgan fingerprint density at radius 2 is 2.16 bits per heavy atom. The van der Waals surface area contributed by atoms with Crippen LogP contribution in [-0.4, -0.2) is 49.5 Å². The second-order valence-corrected chi connectivity index (χ2v) is 5.49. The summed E-state index contributed by atoms with van der Waals surface area (Å²) in [6.07, 6.45) is 0.225. The van der Waals surface area contributed by atoms with Gasteiger partial charge in [-0.15, -0.1) is 24.8 Å². The van der Waals surface area contributed by atoms with E-state index in [2.05, 4.69) is 32.3 Å². The molecular weight excluding hydrogens is 367 g/mol. The first-order valence-electron chi connectivity index (χ1n) is 7.49. The molecule has 8 nitrogen and oxygen atoms in total. The van der Waals surface area contributed by atoms with E-state index in [1.807, 2.05) is 0 Å². The minimum Gasteiger partial charge on any atom is -0.367 e. The molecule has 2 amide bonds. The van der Waals surface area contributed by atoms with E-state index in [1.165, 1.54) is 0 Å². The Hall–Kier alpha value is -2.19. The molecule has 1 aromatic rings. The van der Waals surface area contributed by atoms with Gasteiger partial charge in [0.25, 0.3) is 11.8 Å². The minimum atomic E-state index is -1.44. The number of guanidine groups is 1. The quantitative estimate of drug-likeness (QED) is 0.334. The van der Waals surface area contributed by atoms with Crippen LogP contribution in [0.4, 0.5) is 5.69 Å². The van der Waals surface area contributed by atoms with Crippen LogP contribution in [0.2, 0.25) is 0 Å². The average Bonchev–Trinajstić information content (AvgIpc) is 3.18. The lowest BCUT2D eigenvalue weighted by Gasteiger charge is -2.25. The van der Waals surface area contributed by atoms with Gasteiger partial charge in [0.05, 0.1) is 6.54 Å². The number of halogens is 2. The lowest BCUT2D eigenvalue weighted by Crippen LogP contribution is -2.60. The van der Waals surface area contributed by atoms with Crippen molar-refractivity contribution in [3.05, 3.63) is 29.8 Å². The lowest BCUT2D eigenvalue weighted by molar-refractivity contribution is -0.133. The van der Waals surface area contributed by atoms with E-state index < -0.39 is 17.4 Å². The van der Waals surface area contributed by atoms with E-state index in [1.54, 1.807) is 18.2 Å². The molecule has 2 heterocycles. The summed E-state index contributed by atoms with van der Waals surface area (Å²) in [6, 6.07) is 8.19. The van der Waals surface area contributed by atoms with Gasteiger partial charge in [0.1, 0.15) is 0 Å². The predicted molar refractivity (Wildman–Crippen MR) is 100 cm³/mol. The van der Waals surface area contributed by atoms with Crippen molar-refractivity contribution in [3.8, 4) is 0 Å². The third-order valence-electron chi connectivity index (χ3n) is 3.94. The smallest absolute Gasteiger partial charge is 0.255 e. The number of amides is 2. The number of nitrogens with two attached hydrogens (primary N) is 1. The van der Waals surface area contributed by atoms with Gasteiger partial charge in [-0.2, -0.15) is 0 Å². The predicted octanol–water partition coefficient (Wildman–Crippen LogP) is -0.813. The number of carbonyl (C=O) groups excluding carboxylic acids is 2. The van der Waals surface area contributed by atoms with Gasteiger partial charge in [-0.25, -0.2) is 0 Å². The van der Waals surface area contributed by atoms with Gasteiger partial charge in [-0.1, -0.05) is 6.07 Å². The van der Waals surface area contributed by atoms with Gasteiger partial charge in [0.2, 0.25) is 0 Å². The van der Waals surface area contributed by atoms with Crippen LogP contribution in [0.15, 0.2) is 23.2 Å². The van der Waals surface area contributed by atoms with Gasteiger partial charge in [0, 0.05) is 31.7 Å². The molecule has 137 valence electrons. The molecule has 0 aromatic heterocycles. The number of rotatable bonds is 5. The molecule has 2 aliphatic rings. The number of carbonyl (C=O) groups is 2. The third kappa shape index (κ3) is 4.26. The van der Waals surface area contributed by atoms with Crippen molar-refractivity contribution in [3.63, 3.8) is 0 Å². The van der Waals surface area contributed by atoms with Crippen molar-refractivity contribution < 1.29 is 9.59 Å². The van der Waals surface area contributed by atoms with Crippen molar-refractivity contribution in [2.24, 2.45) is 10.7 Å². The summed E-state index contributed by atoms with van der Waals surface area (Å²) >= 11 is 0. The zero-order chi connectivity index (χ0) is 16.3. The Bertz CT molecular complexity index is 642. The number of anilines is 1. The second-order valence-electron chi connectivity index (χ2n) is 5.49. The maximum atomic E-state index is 12.5. The summed E-state index contributed by atoms with van der Waals surface area (Å²) in [6.45, 7) is 2.43. The van der Waals surface area contributed by atoms with Crippen molar-refractivity contribution in [2.75, 3.05) is 31.5 Å². The molecule has 25 heavy (non-hydrogen) atoms. The Balaban J connectivity index is 0.00000156. The number of nitrogens with one attached hydrogen (secondary N) is 4. The average molecular weight is 388 g/mol. The SMILES string of the molecule is Cl.Cl.NC(=O)C1(C(=O)NCCNC2=NCCN2)Cc2c[c]ccc2N1. The van der Waals surface area contributed by atoms with E-state index in [9.17, 15) is 9.59 Å². The molecule has 0 bridgehead atoms. The highest BCUT2D eigenvalue weighted by Crippen LogP contribution is 2.32. The molecular formula is C15H21Cl2N6O2. The molecule has 1 atom stereocenters. The Kier molecular flexibility index (Phi) is 7.32. The van der Waals surface area contributed by atoms with E-state index in [0.29, 0.717) is 13.1 Å². The zero-order valence-corrected chi connectivity index (χ0v) is 15.1. The van der Waals surface area contributed by atoms with Crippen molar-refractivity contribution in [1.82, 2.24) is 16.0 Å². The van der Waals surface area contributed by atoms with Crippen molar-refractivity contribution in [1.29, 1.82) is 0 Å². The maximum absolute atomic E-state index is 12.5. The van der Waals surface area contributed by atoms with Crippen molar-refractivity contribution >= 4 is 48.3 Å². The summed E-state index contributed by atoms with van der Waals surface area (Å²) in [7, 11) is 0. The molecule has 0 aliphatic carbocycles. The van der Waals surface area contributed by atoms with Crippen LogP contribution < -0.4 is 27.0 Å². The highest BCUT2D eigenvalue weighted by molar-refractivity contribution is 6.13. The number of hydrogen-bond acceptors (Lipinski definition) is 6. The summed E-state index contributed by atoms with van der Waals surface area (Å²) in [5, 5.41) is 11.9. The standard InChI is InChI=1S/C15H19N6O2.2ClH/c16-12(22)15(9-10-3-1-2-4-11(10)21-15)13(23)17-5-6-18-14-19-7-8-20-14;;/h2-4,21H,5-9H2,(H2,16,22)(H,17,23)(H2,18,19,20);2*1H. The molecule has 10 heteroatoms.